The van der Waals surface area contributed by atoms with Gasteiger partial charge in [-0.05, 0) is 61.4 Å². The van der Waals surface area contributed by atoms with Crippen LogP contribution in [-0.4, -0.2) is 32.6 Å². The first kappa shape index (κ1) is 17.4. The highest BCUT2D eigenvalue weighted by Crippen LogP contribution is 2.40. The fourth-order valence-corrected chi connectivity index (χ4v) is 3.47. The summed E-state index contributed by atoms with van der Waals surface area (Å²) < 4.78 is 6.77. The van der Waals surface area contributed by atoms with E-state index in [2.05, 4.69) is 4.98 Å². The van der Waals surface area contributed by atoms with Gasteiger partial charge in [-0.1, -0.05) is 0 Å². The van der Waals surface area contributed by atoms with Gasteiger partial charge in [0, 0.05) is 23.5 Å². The SMILES string of the molecule is COC(=O)c1ccc(-n2c(-c3cccnc3N)nc3ccc(C4CC4)nc32)cc1. The molecule has 2 N–H and O–H groups in total. The van der Waals surface area contributed by atoms with Crippen molar-refractivity contribution < 1.29 is 9.53 Å². The maximum atomic E-state index is 11.8. The number of aromatic nitrogens is 4. The Balaban J connectivity index is 1.74. The number of nitrogen functional groups attached to an aromatic ring is 1. The molecule has 0 atom stereocenters. The van der Waals surface area contributed by atoms with E-state index in [4.69, 9.17) is 20.4 Å². The zero-order chi connectivity index (χ0) is 20.0. The van der Waals surface area contributed by atoms with Crippen LogP contribution in [0.15, 0.2) is 54.7 Å². The van der Waals surface area contributed by atoms with E-state index in [1.54, 1.807) is 18.3 Å². The van der Waals surface area contributed by atoms with Crippen molar-refractivity contribution in [2.45, 2.75) is 18.8 Å². The fraction of sp³-hybridized carbons (Fsp3) is 0.182. The molecular formula is C22H19N5O2. The number of hydrogen-bond acceptors (Lipinski definition) is 6. The number of hydrogen-bond donors (Lipinski definition) is 1. The lowest BCUT2D eigenvalue weighted by Crippen LogP contribution is -2.04. The number of nitrogens with two attached hydrogens (primary N) is 1. The number of pyridine rings is 2. The lowest BCUT2D eigenvalue weighted by Gasteiger charge is -2.11. The molecule has 29 heavy (non-hydrogen) atoms. The molecule has 1 aromatic carbocycles. The number of benzene rings is 1. The number of rotatable bonds is 4. The molecule has 1 aliphatic carbocycles. The van der Waals surface area contributed by atoms with E-state index in [0.29, 0.717) is 23.1 Å². The molecule has 4 aromatic rings. The van der Waals surface area contributed by atoms with Gasteiger partial charge in [-0.3, -0.25) is 4.57 Å². The number of fused-ring (bicyclic) bond motifs is 1. The summed E-state index contributed by atoms with van der Waals surface area (Å²) in [5.41, 5.74) is 10.8. The summed E-state index contributed by atoms with van der Waals surface area (Å²) in [6, 6.07) is 15.0. The van der Waals surface area contributed by atoms with Crippen molar-refractivity contribution in [1.82, 2.24) is 19.5 Å². The molecule has 1 saturated carbocycles. The summed E-state index contributed by atoms with van der Waals surface area (Å²) >= 11 is 0. The van der Waals surface area contributed by atoms with Crippen LogP contribution in [0.5, 0.6) is 0 Å². The van der Waals surface area contributed by atoms with Crippen LogP contribution in [0, 0.1) is 0 Å². The molecular weight excluding hydrogens is 366 g/mol. The standard InChI is InChI=1S/C22H19N5O2/c1-29-22(28)14-6-8-15(9-7-14)27-20(16-3-2-12-24-19(16)23)26-18-11-10-17(13-4-5-13)25-21(18)27/h2-3,6-13H,4-5H2,1H3,(H2,23,24). The Morgan fingerprint density at radius 1 is 1.10 bits per heavy atom. The molecule has 0 radical (unpaired) electrons. The van der Waals surface area contributed by atoms with Gasteiger partial charge in [0.1, 0.15) is 11.3 Å². The first-order chi connectivity index (χ1) is 14.2. The van der Waals surface area contributed by atoms with E-state index in [1.165, 1.54) is 20.0 Å². The highest BCUT2D eigenvalue weighted by atomic mass is 16.5. The second-order valence-electron chi connectivity index (χ2n) is 7.10. The van der Waals surface area contributed by atoms with E-state index in [1.807, 2.05) is 41.0 Å². The molecule has 5 rings (SSSR count). The van der Waals surface area contributed by atoms with E-state index >= 15 is 0 Å². The van der Waals surface area contributed by atoms with E-state index in [9.17, 15) is 4.79 Å². The van der Waals surface area contributed by atoms with Gasteiger partial charge in [0.2, 0.25) is 0 Å². The third-order valence-corrected chi connectivity index (χ3v) is 5.15. The summed E-state index contributed by atoms with van der Waals surface area (Å²) in [7, 11) is 1.37. The van der Waals surface area contributed by atoms with Crippen LogP contribution in [-0.2, 0) is 4.74 Å². The van der Waals surface area contributed by atoms with Gasteiger partial charge in [-0.15, -0.1) is 0 Å². The van der Waals surface area contributed by atoms with Crippen LogP contribution in [0.1, 0.15) is 34.8 Å². The Morgan fingerprint density at radius 2 is 1.90 bits per heavy atom. The van der Waals surface area contributed by atoms with E-state index in [-0.39, 0.29) is 5.97 Å². The summed E-state index contributed by atoms with van der Waals surface area (Å²) in [4.78, 5) is 25.7. The predicted octanol–water partition coefficient (Wildman–Crippen LogP) is 3.73. The highest BCUT2D eigenvalue weighted by Gasteiger charge is 2.26. The van der Waals surface area contributed by atoms with Gasteiger partial charge < -0.3 is 10.5 Å². The van der Waals surface area contributed by atoms with Crippen molar-refractivity contribution in [1.29, 1.82) is 0 Å². The monoisotopic (exact) mass is 385 g/mol. The Bertz CT molecular complexity index is 1230. The lowest BCUT2D eigenvalue weighted by atomic mass is 10.2. The van der Waals surface area contributed by atoms with Crippen LogP contribution in [0.3, 0.4) is 0 Å². The topological polar surface area (TPSA) is 95.9 Å². The number of esters is 1. The second-order valence-corrected chi connectivity index (χ2v) is 7.10. The maximum absolute atomic E-state index is 11.8. The maximum Gasteiger partial charge on any atom is 0.337 e. The van der Waals surface area contributed by atoms with Gasteiger partial charge in [0.05, 0.1) is 18.2 Å². The van der Waals surface area contributed by atoms with E-state index < -0.39 is 0 Å². The molecule has 1 aliphatic rings. The zero-order valence-corrected chi connectivity index (χ0v) is 15.9. The number of carbonyl (C=O) groups excluding carboxylic acids is 1. The quantitative estimate of drug-likeness (QED) is 0.538. The van der Waals surface area contributed by atoms with Crippen molar-refractivity contribution in [3.63, 3.8) is 0 Å². The summed E-state index contributed by atoms with van der Waals surface area (Å²) in [6.07, 6.45) is 3.99. The van der Waals surface area contributed by atoms with Crippen molar-refractivity contribution in [3.8, 4) is 17.1 Å². The largest absolute Gasteiger partial charge is 0.465 e. The molecule has 3 heterocycles. The molecule has 3 aromatic heterocycles. The molecule has 1 fully saturated rings. The lowest BCUT2D eigenvalue weighted by molar-refractivity contribution is 0.0601. The molecule has 0 spiro atoms. The first-order valence-electron chi connectivity index (χ1n) is 9.44. The van der Waals surface area contributed by atoms with Crippen LogP contribution < -0.4 is 5.73 Å². The van der Waals surface area contributed by atoms with Crippen LogP contribution >= 0.6 is 0 Å². The van der Waals surface area contributed by atoms with Crippen LogP contribution in [0.2, 0.25) is 0 Å². The average molecular weight is 385 g/mol. The molecule has 0 unspecified atom stereocenters. The van der Waals surface area contributed by atoms with Crippen molar-refractivity contribution in [2.24, 2.45) is 0 Å². The van der Waals surface area contributed by atoms with Crippen molar-refractivity contribution >= 4 is 23.0 Å². The molecule has 0 bridgehead atoms. The Labute approximate surface area is 167 Å². The minimum atomic E-state index is -0.377. The number of carbonyl (C=O) groups is 1. The number of methoxy groups -OCH3 is 1. The zero-order valence-electron chi connectivity index (χ0n) is 15.9. The molecule has 7 nitrogen and oxygen atoms in total. The molecule has 0 amide bonds. The molecule has 0 aliphatic heterocycles. The van der Waals surface area contributed by atoms with Gasteiger partial charge in [0.25, 0.3) is 0 Å². The third-order valence-electron chi connectivity index (χ3n) is 5.15. The average Bonchev–Trinajstić information content (AvgIpc) is 3.54. The third kappa shape index (κ3) is 3.00. The summed E-state index contributed by atoms with van der Waals surface area (Å²) in [5, 5.41) is 0. The minimum absolute atomic E-state index is 0.377. The number of nitrogens with zero attached hydrogens (tertiary/aromatic N) is 4. The normalized spacial score (nSPS) is 13.6. The number of imidazole rings is 1. The van der Waals surface area contributed by atoms with E-state index in [0.717, 1.165) is 28.1 Å². The smallest absolute Gasteiger partial charge is 0.337 e. The molecule has 0 saturated heterocycles. The Kier molecular flexibility index (Phi) is 4.01. The molecule has 7 heteroatoms. The van der Waals surface area contributed by atoms with Crippen molar-refractivity contribution in [2.75, 3.05) is 12.8 Å². The number of ether oxygens (including phenoxy) is 1. The first-order valence-corrected chi connectivity index (χ1v) is 9.44. The van der Waals surface area contributed by atoms with Crippen LogP contribution in [0.4, 0.5) is 5.82 Å². The van der Waals surface area contributed by atoms with Gasteiger partial charge >= 0.3 is 5.97 Å². The summed E-state index contributed by atoms with van der Waals surface area (Å²) in [5.74, 6) is 1.21. The van der Waals surface area contributed by atoms with Gasteiger partial charge in [0.15, 0.2) is 11.5 Å². The van der Waals surface area contributed by atoms with Crippen molar-refractivity contribution in [3.05, 3.63) is 66.0 Å². The second kappa shape index (κ2) is 6.70. The Morgan fingerprint density at radius 3 is 2.59 bits per heavy atom. The highest BCUT2D eigenvalue weighted by molar-refractivity contribution is 5.90. The predicted molar refractivity (Wildman–Crippen MR) is 110 cm³/mol. The molecule has 144 valence electrons. The Hall–Kier alpha value is -3.74. The van der Waals surface area contributed by atoms with Crippen LogP contribution in [0.25, 0.3) is 28.2 Å². The van der Waals surface area contributed by atoms with Gasteiger partial charge in [-0.25, -0.2) is 19.7 Å². The minimum Gasteiger partial charge on any atom is -0.465 e. The van der Waals surface area contributed by atoms with Gasteiger partial charge in [-0.2, -0.15) is 0 Å². The fourth-order valence-electron chi connectivity index (χ4n) is 3.47. The summed E-state index contributed by atoms with van der Waals surface area (Å²) in [6.45, 7) is 0. The number of anilines is 1.